The van der Waals surface area contributed by atoms with Crippen molar-refractivity contribution < 1.29 is 14.5 Å². The van der Waals surface area contributed by atoms with Crippen LogP contribution in [-0.2, 0) is 4.79 Å². The molecule has 7 nitrogen and oxygen atoms in total. The quantitative estimate of drug-likeness (QED) is 0.575. The zero-order valence-corrected chi connectivity index (χ0v) is 12.5. The Labute approximate surface area is 137 Å². The molecule has 0 saturated carbocycles. The Morgan fingerprint density at radius 3 is 2.62 bits per heavy atom. The van der Waals surface area contributed by atoms with Crippen molar-refractivity contribution in [3.05, 3.63) is 70.9 Å². The number of nitro groups is 1. The van der Waals surface area contributed by atoms with Crippen molar-refractivity contribution in [1.82, 2.24) is 4.98 Å². The smallest absolute Gasteiger partial charge is 0.287 e. The molecule has 3 aromatic rings. The van der Waals surface area contributed by atoms with Gasteiger partial charge in [-0.05, 0) is 29.0 Å². The molecular weight excluding hydrogens is 310 g/mol. The molecule has 24 heavy (non-hydrogen) atoms. The van der Waals surface area contributed by atoms with E-state index in [2.05, 4.69) is 10.3 Å². The van der Waals surface area contributed by atoms with Gasteiger partial charge < -0.3 is 10.1 Å². The predicted molar refractivity (Wildman–Crippen MR) is 89.0 cm³/mol. The lowest BCUT2D eigenvalue weighted by atomic mass is 10.1. The van der Waals surface area contributed by atoms with Crippen molar-refractivity contribution in [1.29, 1.82) is 0 Å². The minimum atomic E-state index is -0.554. The molecule has 1 N–H and O–H groups in total. The molecule has 0 bridgehead atoms. The Bertz CT molecular complexity index is 894. The number of rotatable bonds is 5. The first kappa shape index (κ1) is 15.4. The molecule has 1 amide bonds. The molecule has 0 saturated heterocycles. The lowest BCUT2D eigenvalue weighted by molar-refractivity contribution is -0.385. The number of carbonyl (C=O) groups is 1. The molecule has 0 fully saturated rings. The highest BCUT2D eigenvalue weighted by Gasteiger charge is 2.08. The number of aromatic nitrogens is 1. The number of ether oxygens (including phenoxy) is 1. The fourth-order valence-electron chi connectivity index (χ4n) is 2.15. The topological polar surface area (TPSA) is 94.4 Å². The number of hydrogen-bond donors (Lipinski definition) is 1. The van der Waals surface area contributed by atoms with Gasteiger partial charge in [-0.2, -0.15) is 0 Å². The molecule has 1 heterocycles. The lowest BCUT2D eigenvalue weighted by Gasteiger charge is -2.08. The van der Waals surface area contributed by atoms with Crippen LogP contribution in [0.3, 0.4) is 0 Å². The number of nitrogens with zero attached hydrogens (tertiary/aromatic N) is 2. The van der Waals surface area contributed by atoms with Gasteiger partial charge >= 0.3 is 0 Å². The van der Waals surface area contributed by atoms with Gasteiger partial charge in [0.25, 0.3) is 11.6 Å². The Kier molecular flexibility index (Phi) is 4.33. The minimum Gasteiger partial charge on any atom is -0.484 e. The maximum Gasteiger partial charge on any atom is 0.287 e. The number of amides is 1. The van der Waals surface area contributed by atoms with Crippen molar-refractivity contribution >= 4 is 28.2 Å². The molecule has 0 aliphatic carbocycles. The van der Waals surface area contributed by atoms with Crippen molar-refractivity contribution in [2.24, 2.45) is 0 Å². The summed E-state index contributed by atoms with van der Waals surface area (Å²) in [4.78, 5) is 25.7. The zero-order valence-electron chi connectivity index (χ0n) is 12.5. The highest BCUT2D eigenvalue weighted by molar-refractivity contribution is 5.91. The van der Waals surface area contributed by atoms with Crippen LogP contribution in [0.5, 0.6) is 5.75 Å². The lowest BCUT2D eigenvalue weighted by Crippen LogP contribution is -2.20. The molecule has 3 rings (SSSR count). The van der Waals surface area contributed by atoms with E-state index in [0.717, 1.165) is 17.0 Å². The van der Waals surface area contributed by atoms with Gasteiger partial charge in [-0.25, -0.2) is 4.98 Å². The molecule has 0 spiro atoms. The molecular formula is C17H13N3O4. The monoisotopic (exact) mass is 323 g/mol. The molecule has 120 valence electrons. The van der Waals surface area contributed by atoms with Crippen molar-refractivity contribution in [3.63, 3.8) is 0 Å². The second-order valence-corrected chi connectivity index (χ2v) is 5.00. The zero-order chi connectivity index (χ0) is 16.9. The molecule has 0 unspecified atom stereocenters. The maximum absolute atomic E-state index is 11.9. The van der Waals surface area contributed by atoms with E-state index in [1.807, 2.05) is 36.4 Å². The summed E-state index contributed by atoms with van der Waals surface area (Å²) >= 11 is 0. The molecule has 7 heteroatoms. The van der Waals surface area contributed by atoms with E-state index in [-0.39, 0.29) is 18.1 Å². The number of fused-ring (bicyclic) bond motifs is 1. The first-order valence-electron chi connectivity index (χ1n) is 7.14. The Morgan fingerprint density at radius 1 is 1.12 bits per heavy atom. The number of carbonyl (C=O) groups excluding carboxylic acids is 1. The van der Waals surface area contributed by atoms with Crippen LogP contribution in [0.25, 0.3) is 10.8 Å². The summed E-state index contributed by atoms with van der Waals surface area (Å²) in [5, 5.41) is 15.2. The van der Waals surface area contributed by atoms with Crippen LogP contribution in [0.2, 0.25) is 0 Å². The highest BCUT2D eigenvalue weighted by Crippen LogP contribution is 2.20. The van der Waals surface area contributed by atoms with E-state index in [9.17, 15) is 14.9 Å². The van der Waals surface area contributed by atoms with Crippen LogP contribution in [0.15, 0.2) is 60.8 Å². The van der Waals surface area contributed by atoms with Gasteiger partial charge in [0.15, 0.2) is 6.61 Å². The van der Waals surface area contributed by atoms with Crippen molar-refractivity contribution in [2.45, 2.75) is 0 Å². The Balaban J connectivity index is 1.59. The van der Waals surface area contributed by atoms with Crippen LogP contribution in [0.1, 0.15) is 0 Å². The summed E-state index contributed by atoms with van der Waals surface area (Å²) in [6, 6.07) is 16.0. The van der Waals surface area contributed by atoms with Crippen LogP contribution >= 0.6 is 0 Å². The molecule has 0 radical (unpaired) electrons. The summed E-state index contributed by atoms with van der Waals surface area (Å²) in [7, 11) is 0. The number of hydrogen-bond acceptors (Lipinski definition) is 5. The Morgan fingerprint density at radius 2 is 1.92 bits per heavy atom. The Hall–Kier alpha value is -3.48. The number of pyridine rings is 1. The van der Waals surface area contributed by atoms with Crippen LogP contribution in [-0.4, -0.2) is 22.4 Å². The molecule has 0 aliphatic heterocycles. The van der Waals surface area contributed by atoms with Gasteiger partial charge in [0.1, 0.15) is 17.8 Å². The highest BCUT2D eigenvalue weighted by atomic mass is 16.6. The first-order valence-corrected chi connectivity index (χ1v) is 7.14. The van der Waals surface area contributed by atoms with Crippen molar-refractivity contribution in [3.8, 4) is 5.75 Å². The van der Waals surface area contributed by atoms with E-state index >= 15 is 0 Å². The number of benzene rings is 2. The summed E-state index contributed by atoms with van der Waals surface area (Å²) in [6.07, 6.45) is 1.08. The third kappa shape index (κ3) is 3.64. The second kappa shape index (κ2) is 6.74. The average molecular weight is 323 g/mol. The molecule has 0 aliphatic rings. The predicted octanol–water partition coefficient (Wildman–Crippen LogP) is 3.16. The van der Waals surface area contributed by atoms with Gasteiger partial charge in [-0.3, -0.25) is 14.9 Å². The van der Waals surface area contributed by atoms with Crippen LogP contribution < -0.4 is 10.1 Å². The molecule has 0 atom stereocenters. The van der Waals surface area contributed by atoms with Gasteiger partial charge in [0.2, 0.25) is 0 Å². The van der Waals surface area contributed by atoms with Gasteiger partial charge in [0.05, 0.1) is 4.92 Å². The summed E-state index contributed by atoms with van der Waals surface area (Å²) < 4.78 is 5.46. The second-order valence-electron chi connectivity index (χ2n) is 5.00. The fourth-order valence-corrected chi connectivity index (χ4v) is 2.15. The van der Waals surface area contributed by atoms with E-state index in [1.54, 1.807) is 6.07 Å². The average Bonchev–Trinajstić information content (AvgIpc) is 2.60. The largest absolute Gasteiger partial charge is 0.484 e. The van der Waals surface area contributed by atoms with E-state index in [1.165, 1.54) is 12.1 Å². The summed E-state index contributed by atoms with van der Waals surface area (Å²) in [5.74, 6) is 0.415. The van der Waals surface area contributed by atoms with Crippen molar-refractivity contribution in [2.75, 3.05) is 11.9 Å². The molecule has 2 aromatic carbocycles. The normalized spacial score (nSPS) is 10.3. The first-order chi connectivity index (χ1) is 11.6. The molecule has 1 aromatic heterocycles. The summed E-state index contributed by atoms with van der Waals surface area (Å²) in [5.41, 5.74) is -0.139. The minimum absolute atomic E-state index is 0.139. The summed E-state index contributed by atoms with van der Waals surface area (Å²) in [6.45, 7) is -0.184. The number of anilines is 1. The third-order valence-electron chi connectivity index (χ3n) is 3.32. The maximum atomic E-state index is 11.9. The van der Waals surface area contributed by atoms with Gasteiger partial charge in [-0.1, -0.05) is 30.3 Å². The van der Waals surface area contributed by atoms with Gasteiger partial charge in [-0.15, -0.1) is 0 Å². The van der Waals surface area contributed by atoms with Crippen LogP contribution in [0, 0.1) is 10.1 Å². The third-order valence-corrected chi connectivity index (χ3v) is 3.32. The van der Waals surface area contributed by atoms with E-state index < -0.39 is 10.8 Å². The van der Waals surface area contributed by atoms with Crippen LogP contribution in [0.4, 0.5) is 11.5 Å². The van der Waals surface area contributed by atoms with E-state index in [4.69, 9.17) is 4.74 Å². The van der Waals surface area contributed by atoms with E-state index in [0.29, 0.717) is 5.75 Å². The van der Waals surface area contributed by atoms with Gasteiger partial charge in [0, 0.05) is 6.07 Å². The number of nitrogens with one attached hydrogen (secondary N) is 1. The fraction of sp³-hybridized carbons (Fsp3) is 0.0588. The standard InChI is InChI=1S/C17H13N3O4/c21-17(19-16-8-6-14(10-18-16)20(22)23)11-24-15-7-5-12-3-1-2-4-13(12)9-15/h1-10H,11H2,(H,18,19,21). The SMILES string of the molecule is O=C(COc1ccc2ccccc2c1)Nc1ccc([N+](=O)[O-])cn1.